The number of likely N-dealkylation sites (tertiary alicyclic amines) is 1. The molecule has 1 aromatic carbocycles. The minimum atomic E-state index is -0.652. The Morgan fingerprint density at radius 3 is 2.59 bits per heavy atom. The van der Waals surface area contributed by atoms with E-state index in [4.69, 9.17) is 0 Å². The highest BCUT2D eigenvalue weighted by molar-refractivity contribution is 7.11. The summed E-state index contributed by atoms with van der Waals surface area (Å²) < 4.78 is 0. The van der Waals surface area contributed by atoms with Crippen LogP contribution in [0.2, 0.25) is 0 Å². The lowest BCUT2D eigenvalue weighted by atomic mass is 9.92. The molecule has 3 rings (SSSR count). The smallest absolute Gasteiger partial charge is 0.307 e. The number of rotatable bonds is 6. The van der Waals surface area contributed by atoms with Crippen molar-refractivity contribution in [1.82, 2.24) is 4.90 Å². The van der Waals surface area contributed by atoms with E-state index in [1.165, 1.54) is 32.7 Å². The standard InChI is InChI=1S/C23H29NO2S/c1-16-7-4-8-17(2)21(16)20(22-18(3)11-14-27-22)10-6-13-24-12-5-9-19(15-24)23(25)26/h4,7-8,10-11,14,19H,5-6,9,12-13,15H2,1-3H3,(H,25,26)/b20-10-/t19-/m1/s1. The van der Waals surface area contributed by atoms with E-state index in [1.54, 1.807) is 11.3 Å². The average molecular weight is 384 g/mol. The Labute approximate surface area is 166 Å². The van der Waals surface area contributed by atoms with Gasteiger partial charge in [0.25, 0.3) is 0 Å². The van der Waals surface area contributed by atoms with E-state index in [-0.39, 0.29) is 5.92 Å². The summed E-state index contributed by atoms with van der Waals surface area (Å²) in [5.74, 6) is -0.860. The molecular formula is C23H29NO2S. The maximum Gasteiger partial charge on any atom is 0.307 e. The Morgan fingerprint density at radius 1 is 1.22 bits per heavy atom. The summed E-state index contributed by atoms with van der Waals surface area (Å²) in [6, 6.07) is 8.67. The van der Waals surface area contributed by atoms with Crippen LogP contribution >= 0.6 is 11.3 Å². The Balaban J connectivity index is 1.82. The van der Waals surface area contributed by atoms with Gasteiger partial charge in [0, 0.05) is 18.0 Å². The highest BCUT2D eigenvalue weighted by Gasteiger charge is 2.24. The van der Waals surface area contributed by atoms with E-state index in [9.17, 15) is 9.90 Å². The van der Waals surface area contributed by atoms with E-state index < -0.39 is 5.97 Å². The van der Waals surface area contributed by atoms with Crippen molar-refractivity contribution >= 4 is 22.9 Å². The number of nitrogens with zero attached hydrogens (tertiary/aromatic N) is 1. The Kier molecular flexibility index (Phi) is 6.51. The summed E-state index contributed by atoms with van der Waals surface area (Å²) in [5.41, 5.74) is 6.59. The van der Waals surface area contributed by atoms with Gasteiger partial charge in [-0.05, 0) is 85.9 Å². The molecule has 0 aliphatic carbocycles. The molecule has 1 saturated heterocycles. The summed E-state index contributed by atoms with van der Waals surface area (Å²) in [7, 11) is 0. The first-order valence-electron chi connectivity index (χ1n) is 9.73. The number of aliphatic carboxylic acids is 1. The fraction of sp³-hybridized carbons (Fsp3) is 0.435. The zero-order chi connectivity index (χ0) is 19.4. The second-order valence-corrected chi connectivity index (χ2v) is 8.50. The predicted molar refractivity (Wildman–Crippen MR) is 113 cm³/mol. The van der Waals surface area contributed by atoms with Crippen molar-refractivity contribution in [3.8, 4) is 0 Å². The molecule has 0 spiro atoms. The van der Waals surface area contributed by atoms with Crippen molar-refractivity contribution < 1.29 is 9.90 Å². The number of piperidine rings is 1. The van der Waals surface area contributed by atoms with Crippen LogP contribution < -0.4 is 0 Å². The number of benzene rings is 1. The topological polar surface area (TPSA) is 40.5 Å². The van der Waals surface area contributed by atoms with Crippen LogP contribution in [0.1, 0.15) is 46.4 Å². The van der Waals surface area contributed by atoms with E-state index >= 15 is 0 Å². The Bertz CT molecular complexity index is 816. The number of hydrogen-bond acceptors (Lipinski definition) is 3. The first kappa shape index (κ1) is 19.8. The van der Waals surface area contributed by atoms with Gasteiger partial charge in [0.15, 0.2) is 0 Å². The minimum absolute atomic E-state index is 0.208. The molecule has 1 aromatic heterocycles. The zero-order valence-corrected chi connectivity index (χ0v) is 17.3. The summed E-state index contributed by atoms with van der Waals surface area (Å²) in [4.78, 5) is 14.9. The number of thiophene rings is 1. The lowest BCUT2D eigenvalue weighted by Crippen LogP contribution is -2.39. The van der Waals surface area contributed by atoms with E-state index in [2.05, 4.69) is 61.4 Å². The average Bonchev–Trinajstić information content (AvgIpc) is 3.06. The molecule has 0 bridgehead atoms. The van der Waals surface area contributed by atoms with E-state index in [1.807, 2.05) is 0 Å². The van der Waals surface area contributed by atoms with E-state index in [0.717, 1.165) is 32.4 Å². The van der Waals surface area contributed by atoms with Crippen LogP contribution in [0.25, 0.3) is 5.57 Å². The molecule has 2 heterocycles. The molecule has 144 valence electrons. The molecule has 3 nitrogen and oxygen atoms in total. The second kappa shape index (κ2) is 8.85. The van der Waals surface area contributed by atoms with Crippen molar-refractivity contribution in [3.05, 3.63) is 62.9 Å². The summed E-state index contributed by atoms with van der Waals surface area (Å²) in [5, 5.41) is 11.5. The molecule has 1 N–H and O–H groups in total. The summed E-state index contributed by atoms with van der Waals surface area (Å²) >= 11 is 1.80. The van der Waals surface area contributed by atoms with Crippen LogP contribution in [0, 0.1) is 26.7 Å². The van der Waals surface area contributed by atoms with Gasteiger partial charge in [-0.3, -0.25) is 4.79 Å². The molecule has 4 heteroatoms. The van der Waals surface area contributed by atoms with Gasteiger partial charge in [0.05, 0.1) is 5.92 Å². The number of hydrogen-bond donors (Lipinski definition) is 1. The third-order valence-corrected chi connectivity index (χ3v) is 6.56. The lowest BCUT2D eigenvalue weighted by Gasteiger charge is -2.30. The van der Waals surface area contributed by atoms with Gasteiger partial charge in [0.1, 0.15) is 0 Å². The van der Waals surface area contributed by atoms with E-state index in [0.29, 0.717) is 6.54 Å². The van der Waals surface area contributed by atoms with Crippen LogP contribution in [0.15, 0.2) is 35.7 Å². The van der Waals surface area contributed by atoms with Crippen LogP contribution in [0.3, 0.4) is 0 Å². The quantitative estimate of drug-likeness (QED) is 0.737. The zero-order valence-electron chi connectivity index (χ0n) is 16.5. The molecule has 1 atom stereocenters. The van der Waals surface area contributed by atoms with Gasteiger partial charge < -0.3 is 10.0 Å². The molecule has 1 aliphatic heterocycles. The highest BCUT2D eigenvalue weighted by Crippen LogP contribution is 2.34. The van der Waals surface area contributed by atoms with Crippen LogP contribution in [-0.2, 0) is 4.79 Å². The van der Waals surface area contributed by atoms with Gasteiger partial charge in [-0.2, -0.15) is 0 Å². The fourth-order valence-electron chi connectivity index (χ4n) is 4.05. The Morgan fingerprint density at radius 2 is 1.96 bits per heavy atom. The van der Waals surface area contributed by atoms with Gasteiger partial charge in [0.2, 0.25) is 0 Å². The van der Waals surface area contributed by atoms with Gasteiger partial charge in [-0.25, -0.2) is 0 Å². The Hall–Kier alpha value is -1.91. The highest BCUT2D eigenvalue weighted by atomic mass is 32.1. The van der Waals surface area contributed by atoms with Crippen LogP contribution in [0.5, 0.6) is 0 Å². The molecule has 0 unspecified atom stereocenters. The molecule has 27 heavy (non-hydrogen) atoms. The lowest BCUT2D eigenvalue weighted by molar-refractivity contribution is -0.143. The predicted octanol–water partition coefficient (Wildman–Crippen LogP) is 5.29. The third-order valence-electron chi connectivity index (χ3n) is 5.51. The monoisotopic (exact) mass is 383 g/mol. The number of carbonyl (C=O) groups is 1. The molecule has 0 radical (unpaired) electrons. The van der Waals surface area contributed by atoms with Crippen molar-refractivity contribution in [3.63, 3.8) is 0 Å². The van der Waals surface area contributed by atoms with Crippen molar-refractivity contribution in [1.29, 1.82) is 0 Å². The summed E-state index contributed by atoms with van der Waals surface area (Å²) in [6.07, 6.45) is 5.09. The molecule has 0 saturated carbocycles. The largest absolute Gasteiger partial charge is 0.481 e. The molecular weight excluding hydrogens is 354 g/mol. The SMILES string of the molecule is Cc1ccsc1/C(=C\CCN1CCC[C@@H](C(=O)O)C1)c1c(C)cccc1C. The van der Waals surface area contributed by atoms with Crippen molar-refractivity contribution in [2.24, 2.45) is 5.92 Å². The maximum absolute atomic E-state index is 11.3. The molecule has 1 fully saturated rings. The molecule has 1 aliphatic rings. The van der Waals surface area contributed by atoms with Crippen LogP contribution in [-0.4, -0.2) is 35.6 Å². The third kappa shape index (κ3) is 4.69. The number of carboxylic acids is 1. The first-order valence-corrected chi connectivity index (χ1v) is 10.6. The van der Waals surface area contributed by atoms with Crippen LogP contribution in [0.4, 0.5) is 0 Å². The maximum atomic E-state index is 11.3. The molecule has 2 aromatic rings. The fourth-order valence-corrected chi connectivity index (χ4v) is 5.02. The van der Waals surface area contributed by atoms with Gasteiger partial charge in [-0.15, -0.1) is 11.3 Å². The number of carboxylic acid groups (broad SMARTS) is 1. The first-order chi connectivity index (χ1) is 13.0. The van der Waals surface area contributed by atoms with Gasteiger partial charge in [-0.1, -0.05) is 24.3 Å². The number of aryl methyl sites for hydroxylation is 3. The normalized spacial score (nSPS) is 18.6. The minimum Gasteiger partial charge on any atom is -0.481 e. The molecule has 0 amide bonds. The van der Waals surface area contributed by atoms with Gasteiger partial charge >= 0.3 is 5.97 Å². The second-order valence-electron chi connectivity index (χ2n) is 7.58. The van der Waals surface area contributed by atoms with Crippen molar-refractivity contribution in [2.45, 2.75) is 40.0 Å². The van der Waals surface area contributed by atoms with Crippen molar-refractivity contribution in [2.75, 3.05) is 19.6 Å². The summed E-state index contributed by atoms with van der Waals surface area (Å²) in [6.45, 7) is 9.15.